The molecule has 108 valence electrons. The molecule has 0 radical (unpaired) electrons. The van der Waals surface area contributed by atoms with Gasteiger partial charge >= 0.3 is 0 Å². The molecule has 0 aliphatic carbocycles. The number of benzene rings is 1. The van der Waals surface area contributed by atoms with E-state index in [1.54, 1.807) is 26.1 Å². The van der Waals surface area contributed by atoms with Gasteiger partial charge in [0.2, 0.25) is 10.0 Å². The number of alkyl halides is 1. The van der Waals surface area contributed by atoms with Crippen LogP contribution >= 0.6 is 11.6 Å². The second-order valence-electron chi connectivity index (χ2n) is 4.80. The molecule has 19 heavy (non-hydrogen) atoms. The average Bonchev–Trinajstić information content (AvgIpc) is 2.35. The van der Waals surface area contributed by atoms with E-state index in [0.717, 1.165) is 11.1 Å². The van der Waals surface area contributed by atoms with Gasteiger partial charge in [-0.15, -0.1) is 11.6 Å². The molecule has 0 saturated carbocycles. The van der Waals surface area contributed by atoms with Crippen LogP contribution in [0.3, 0.4) is 0 Å². The fraction of sp³-hybridized carbons (Fsp3) is 0.538. The highest BCUT2D eigenvalue weighted by molar-refractivity contribution is 7.89. The maximum atomic E-state index is 12.5. The van der Waals surface area contributed by atoms with Crippen LogP contribution in [-0.2, 0) is 15.9 Å². The van der Waals surface area contributed by atoms with Crippen molar-refractivity contribution in [1.29, 1.82) is 0 Å². The van der Waals surface area contributed by atoms with Crippen molar-refractivity contribution in [1.82, 2.24) is 9.21 Å². The molecule has 0 aliphatic heterocycles. The first-order valence-corrected chi connectivity index (χ1v) is 8.03. The van der Waals surface area contributed by atoms with Crippen molar-refractivity contribution in [2.24, 2.45) is 0 Å². The third kappa shape index (κ3) is 3.92. The fourth-order valence-corrected chi connectivity index (χ4v) is 3.43. The summed E-state index contributed by atoms with van der Waals surface area (Å²) in [6.07, 6.45) is 0. The lowest BCUT2D eigenvalue weighted by Gasteiger charge is -2.21. The maximum Gasteiger partial charge on any atom is 0.243 e. The summed E-state index contributed by atoms with van der Waals surface area (Å²) in [6, 6.07) is 5.21. The summed E-state index contributed by atoms with van der Waals surface area (Å²) >= 11 is 5.82. The number of halogens is 1. The highest BCUT2D eigenvalue weighted by Gasteiger charge is 2.23. The lowest BCUT2D eigenvalue weighted by atomic mass is 10.1. The number of rotatable bonds is 6. The zero-order valence-corrected chi connectivity index (χ0v) is 13.4. The molecule has 0 heterocycles. The van der Waals surface area contributed by atoms with E-state index in [2.05, 4.69) is 0 Å². The predicted molar refractivity (Wildman–Crippen MR) is 79.1 cm³/mol. The van der Waals surface area contributed by atoms with Crippen molar-refractivity contribution in [2.45, 2.75) is 17.7 Å². The zero-order valence-electron chi connectivity index (χ0n) is 11.9. The second kappa shape index (κ2) is 6.70. The van der Waals surface area contributed by atoms with Crippen LogP contribution in [0.1, 0.15) is 11.1 Å². The van der Waals surface area contributed by atoms with Gasteiger partial charge in [-0.2, -0.15) is 4.31 Å². The molecule has 1 aromatic carbocycles. The van der Waals surface area contributed by atoms with E-state index in [4.69, 9.17) is 11.6 Å². The van der Waals surface area contributed by atoms with Crippen LogP contribution in [-0.4, -0.2) is 51.9 Å². The van der Waals surface area contributed by atoms with Crippen molar-refractivity contribution in [2.75, 3.05) is 34.2 Å². The molecule has 0 atom stereocenters. The Balaban J connectivity index is 3.06. The van der Waals surface area contributed by atoms with E-state index in [1.165, 1.54) is 4.31 Å². The highest BCUT2D eigenvalue weighted by Crippen LogP contribution is 2.22. The molecule has 0 aliphatic rings. The van der Waals surface area contributed by atoms with E-state index in [-0.39, 0.29) is 0 Å². The number of hydrogen-bond acceptors (Lipinski definition) is 3. The van der Waals surface area contributed by atoms with Crippen molar-refractivity contribution in [3.8, 4) is 0 Å². The van der Waals surface area contributed by atoms with Gasteiger partial charge in [-0.25, -0.2) is 8.42 Å². The van der Waals surface area contributed by atoms with Gasteiger partial charge in [0.1, 0.15) is 0 Å². The molecule has 0 spiro atoms. The monoisotopic (exact) mass is 304 g/mol. The van der Waals surface area contributed by atoms with Crippen LogP contribution in [0.15, 0.2) is 23.1 Å². The maximum absolute atomic E-state index is 12.5. The minimum atomic E-state index is -3.45. The Kier molecular flexibility index (Phi) is 5.80. The molecule has 0 amide bonds. The first-order chi connectivity index (χ1) is 8.80. The van der Waals surface area contributed by atoms with Gasteiger partial charge in [0.15, 0.2) is 0 Å². The second-order valence-corrected chi connectivity index (χ2v) is 7.08. The van der Waals surface area contributed by atoms with Crippen molar-refractivity contribution in [3.63, 3.8) is 0 Å². The van der Waals surface area contributed by atoms with E-state index in [0.29, 0.717) is 23.9 Å². The normalized spacial score (nSPS) is 12.4. The van der Waals surface area contributed by atoms with Crippen LogP contribution in [0.2, 0.25) is 0 Å². The molecule has 0 bridgehead atoms. The molecule has 6 heteroatoms. The van der Waals surface area contributed by atoms with Crippen LogP contribution in [0.5, 0.6) is 0 Å². The van der Waals surface area contributed by atoms with Gasteiger partial charge in [-0.3, -0.25) is 0 Å². The number of sulfonamides is 1. The Morgan fingerprint density at radius 2 is 1.79 bits per heavy atom. The number of hydrogen-bond donors (Lipinski definition) is 0. The minimum absolute atomic E-state index is 0.316. The van der Waals surface area contributed by atoms with E-state index < -0.39 is 10.0 Å². The Morgan fingerprint density at radius 3 is 2.32 bits per heavy atom. The third-order valence-electron chi connectivity index (χ3n) is 3.09. The molecule has 0 aromatic heterocycles. The molecule has 0 unspecified atom stereocenters. The van der Waals surface area contributed by atoms with E-state index >= 15 is 0 Å². The lowest BCUT2D eigenvalue weighted by Crippen LogP contribution is -2.33. The van der Waals surface area contributed by atoms with Gasteiger partial charge in [0, 0.05) is 26.0 Å². The van der Waals surface area contributed by atoms with Crippen molar-refractivity contribution < 1.29 is 8.42 Å². The summed E-state index contributed by atoms with van der Waals surface area (Å²) in [4.78, 5) is 2.29. The molecular weight excluding hydrogens is 284 g/mol. The average molecular weight is 305 g/mol. The molecule has 1 aromatic rings. The standard InChI is InChI=1S/C13H21ClN2O2S/c1-11-12(10-14)6-5-7-13(11)19(17,18)16(4)9-8-15(2)3/h5-7H,8-10H2,1-4H3. The molecule has 1 rings (SSSR count). The Hall–Kier alpha value is -0.620. The van der Waals surface area contributed by atoms with E-state index in [9.17, 15) is 8.42 Å². The summed E-state index contributed by atoms with van der Waals surface area (Å²) in [5, 5.41) is 0. The van der Waals surface area contributed by atoms with Gasteiger partial charge < -0.3 is 4.90 Å². The van der Waals surface area contributed by atoms with Crippen molar-refractivity contribution in [3.05, 3.63) is 29.3 Å². The first kappa shape index (κ1) is 16.4. The summed E-state index contributed by atoms with van der Waals surface area (Å²) in [5.74, 6) is 0.316. The molecule has 0 saturated heterocycles. The highest BCUT2D eigenvalue weighted by atomic mass is 35.5. The number of nitrogens with zero attached hydrogens (tertiary/aromatic N) is 2. The fourth-order valence-electron chi connectivity index (χ4n) is 1.71. The third-order valence-corrected chi connectivity index (χ3v) is 5.38. The van der Waals surface area contributed by atoms with Gasteiger partial charge in [-0.1, -0.05) is 12.1 Å². The Labute approximate surface area is 121 Å². The molecule has 0 N–H and O–H groups in total. The Morgan fingerprint density at radius 1 is 1.16 bits per heavy atom. The molecule has 4 nitrogen and oxygen atoms in total. The zero-order chi connectivity index (χ0) is 14.6. The summed E-state index contributed by atoms with van der Waals surface area (Å²) in [5.41, 5.74) is 1.58. The van der Waals surface area contributed by atoms with E-state index in [1.807, 2.05) is 25.1 Å². The predicted octanol–water partition coefficient (Wildman–Crippen LogP) is 1.92. The van der Waals surface area contributed by atoms with Crippen molar-refractivity contribution >= 4 is 21.6 Å². The van der Waals surface area contributed by atoms with Crippen LogP contribution in [0.25, 0.3) is 0 Å². The lowest BCUT2D eigenvalue weighted by molar-refractivity contribution is 0.358. The smallest absolute Gasteiger partial charge is 0.243 e. The molecule has 0 fully saturated rings. The molecular formula is C13H21ClN2O2S. The Bertz CT molecular complexity index is 529. The SMILES string of the molecule is Cc1c(CCl)cccc1S(=O)(=O)N(C)CCN(C)C. The number of likely N-dealkylation sites (N-methyl/N-ethyl adjacent to an activating group) is 2. The van der Waals surface area contributed by atoms with Crippen LogP contribution in [0, 0.1) is 6.92 Å². The largest absolute Gasteiger partial charge is 0.308 e. The van der Waals surface area contributed by atoms with Gasteiger partial charge in [0.05, 0.1) is 4.90 Å². The van der Waals surface area contributed by atoms with Gasteiger partial charge in [0.25, 0.3) is 0 Å². The first-order valence-electron chi connectivity index (χ1n) is 6.06. The summed E-state index contributed by atoms with van der Waals surface area (Å²) in [7, 11) is 1.99. The summed E-state index contributed by atoms with van der Waals surface area (Å²) in [6.45, 7) is 2.94. The van der Waals surface area contributed by atoms with Gasteiger partial charge in [-0.05, 0) is 38.2 Å². The van der Waals surface area contributed by atoms with Crippen LogP contribution in [0.4, 0.5) is 0 Å². The topological polar surface area (TPSA) is 40.6 Å². The van der Waals surface area contributed by atoms with Crippen LogP contribution < -0.4 is 0 Å². The quantitative estimate of drug-likeness (QED) is 0.754. The summed E-state index contributed by atoms with van der Waals surface area (Å²) < 4.78 is 26.4. The minimum Gasteiger partial charge on any atom is -0.308 e.